The Balaban J connectivity index is 1.65. The molecule has 7 nitrogen and oxygen atoms in total. The number of aromatic amines is 1. The smallest absolute Gasteiger partial charge is 0.192 e. The predicted molar refractivity (Wildman–Crippen MR) is 111 cm³/mol. The van der Waals surface area contributed by atoms with Crippen LogP contribution in [0.15, 0.2) is 29.4 Å². The molecule has 1 aromatic carbocycles. The van der Waals surface area contributed by atoms with Crippen LogP contribution in [0.3, 0.4) is 0 Å². The third-order valence-corrected chi connectivity index (χ3v) is 5.89. The lowest BCUT2D eigenvalue weighted by Gasteiger charge is -2.28. The van der Waals surface area contributed by atoms with Gasteiger partial charge < -0.3 is 19.4 Å². The molecule has 0 aliphatic carbocycles. The van der Waals surface area contributed by atoms with E-state index < -0.39 is 0 Å². The summed E-state index contributed by atoms with van der Waals surface area (Å²) in [6.45, 7) is 7.32. The van der Waals surface area contributed by atoms with Crippen LogP contribution in [0.2, 0.25) is 0 Å². The standard InChI is InChI=1S/C20H25N5O2S/c1-4-16-21-17-18(22-16)23-20(24-19(17)25-9-11-27-12-10-25)28-13(2)14-5-7-15(26-3)8-6-14/h5-8,13H,4,9-12H2,1-3H3,(H,21,22,23,24). The van der Waals surface area contributed by atoms with Gasteiger partial charge in [0.1, 0.15) is 17.1 Å². The van der Waals surface area contributed by atoms with E-state index in [1.165, 1.54) is 5.56 Å². The summed E-state index contributed by atoms with van der Waals surface area (Å²) < 4.78 is 10.8. The number of anilines is 1. The normalized spacial score (nSPS) is 15.8. The Labute approximate surface area is 168 Å². The van der Waals surface area contributed by atoms with E-state index in [1.54, 1.807) is 18.9 Å². The van der Waals surface area contributed by atoms with Crippen molar-refractivity contribution in [2.24, 2.45) is 0 Å². The fourth-order valence-corrected chi connectivity index (χ4v) is 4.12. The zero-order valence-corrected chi connectivity index (χ0v) is 17.3. The van der Waals surface area contributed by atoms with Crippen molar-refractivity contribution in [3.05, 3.63) is 35.7 Å². The topological polar surface area (TPSA) is 76.2 Å². The number of ether oxygens (including phenoxy) is 2. The molecule has 1 N–H and O–H groups in total. The van der Waals surface area contributed by atoms with Crippen molar-refractivity contribution in [3.8, 4) is 5.75 Å². The fourth-order valence-electron chi connectivity index (χ4n) is 3.24. The van der Waals surface area contributed by atoms with Crippen LogP contribution in [0, 0.1) is 0 Å². The fraction of sp³-hybridized carbons (Fsp3) is 0.450. The molecule has 1 aliphatic rings. The molecule has 4 rings (SSSR count). The Bertz CT molecular complexity index is 938. The Hall–Kier alpha value is -2.32. The van der Waals surface area contributed by atoms with Gasteiger partial charge in [0.15, 0.2) is 16.6 Å². The third-order valence-electron chi connectivity index (χ3n) is 4.87. The van der Waals surface area contributed by atoms with Gasteiger partial charge in [-0.3, -0.25) is 0 Å². The average molecular weight is 400 g/mol. The molecule has 1 saturated heterocycles. The van der Waals surface area contributed by atoms with Crippen LogP contribution in [0.4, 0.5) is 5.82 Å². The van der Waals surface area contributed by atoms with Crippen LogP contribution in [0.1, 0.15) is 30.5 Å². The first-order chi connectivity index (χ1) is 13.7. The van der Waals surface area contributed by atoms with Gasteiger partial charge in [0.05, 0.1) is 20.3 Å². The number of hydrogen-bond donors (Lipinski definition) is 1. The minimum Gasteiger partial charge on any atom is -0.497 e. The quantitative estimate of drug-likeness (QED) is 0.501. The van der Waals surface area contributed by atoms with Crippen LogP contribution in [-0.4, -0.2) is 53.3 Å². The number of nitrogens with one attached hydrogen (secondary N) is 1. The lowest BCUT2D eigenvalue weighted by molar-refractivity contribution is 0.122. The number of aromatic nitrogens is 4. The largest absolute Gasteiger partial charge is 0.497 e. The monoisotopic (exact) mass is 399 g/mol. The first kappa shape index (κ1) is 19.0. The number of rotatable bonds is 6. The second-order valence-corrected chi connectivity index (χ2v) is 8.01. The van der Waals surface area contributed by atoms with E-state index in [-0.39, 0.29) is 5.25 Å². The summed E-state index contributed by atoms with van der Waals surface area (Å²) in [5.41, 5.74) is 2.86. The van der Waals surface area contributed by atoms with Gasteiger partial charge in [-0.15, -0.1) is 0 Å². The predicted octanol–water partition coefficient (Wildman–Crippen LogP) is 3.61. The van der Waals surface area contributed by atoms with Gasteiger partial charge in [-0.2, -0.15) is 0 Å². The zero-order valence-electron chi connectivity index (χ0n) is 16.4. The molecule has 1 unspecified atom stereocenters. The van der Waals surface area contributed by atoms with Crippen molar-refractivity contribution in [2.45, 2.75) is 30.7 Å². The highest BCUT2D eigenvalue weighted by Crippen LogP contribution is 2.35. The van der Waals surface area contributed by atoms with Gasteiger partial charge in [0.2, 0.25) is 0 Å². The van der Waals surface area contributed by atoms with Crippen molar-refractivity contribution in [2.75, 3.05) is 38.3 Å². The molecule has 3 heterocycles. The first-order valence-electron chi connectivity index (χ1n) is 9.58. The van der Waals surface area contributed by atoms with Gasteiger partial charge in [-0.1, -0.05) is 30.8 Å². The summed E-state index contributed by atoms with van der Waals surface area (Å²) in [4.78, 5) is 19.9. The van der Waals surface area contributed by atoms with E-state index in [1.807, 2.05) is 12.1 Å². The Morgan fingerprint density at radius 2 is 1.93 bits per heavy atom. The van der Waals surface area contributed by atoms with E-state index in [2.05, 4.69) is 40.8 Å². The number of nitrogens with zero attached hydrogens (tertiary/aromatic N) is 4. The number of H-pyrrole nitrogens is 1. The zero-order chi connectivity index (χ0) is 19.5. The second kappa shape index (κ2) is 8.36. The highest BCUT2D eigenvalue weighted by molar-refractivity contribution is 7.99. The molecule has 1 atom stereocenters. The molecule has 2 aromatic heterocycles. The minimum absolute atomic E-state index is 0.213. The van der Waals surface area contributed by atoms with Crippen LogP contribution < -0.4 is 9.64 Å². The molecule has 0 bridgehead atoms. The number of imidazole rings is 1. The summed E-state index contributed by atoms with van der Waals surface area (Å²) in [6, 6.07) is 8.14. The number of morpholine rings is 1. The number of hydrogen-bond acceptors (Lipinski definition) is 7. The molecule has 1 aliphatic heterocycles. The SMILES string of the molecule is CCc1nc2nc(SC(C)c3ccc(OC)cc3)nc(N3CCOCC3)c2[nH]1. The van der Waals surface area contributed by atoms with E-state index in [0.29, 0.717) is 13.2 Å². The third kappa shape index (κ3) is 3.93. The molecule has 0 amide bonds. The maximum Gasteiger partial charge on any atom is 0.192 e. The molecular formula is C20H25N5O2S. The van der Waals surface area contributed by atoms with E-state index >= 15 is 0 Å². The molecule has 0 saturated carbocycles. The Kier molecular flexibility index (Phi) is 5.68. The number of benzene rings is 1. The summed E-state index contributed by atoms with van der Waals surface area (Å²) >= 11 is 1.65. The summed E-state index contributed by atoms with van der Waals surface area (Å²) in [5.74, 6) is 2.71. The van der Waals surface area contributed by atoms with Crippen molar-refractivity contribution in [1.29, 1.82) is 0 Å². The molecule has 0 radical (unpaired) electrons. The lowest BCUT2D eigenvalue weighted by atomic mass is 10.2. The Morgan fingerprint density at radius 1 is 1.18 bits per heavy atom. The van der Waals surface area contributed by atoms with Crippen LogP contribution in [0.5, 0.6) is 5.75 Å². The number of fused-ring (bicyclic) bond motifs is 1. The van der Waals surface area contributed by atoms with Gasteiger partial charge in [0, 0.05) is 24.8 Å². The second-order valence-electron chi connectivity index (χ2n) is 6.70. The van der Waals surface area contributed by atoms with Crippen molar-refractivity contribution < 1.29 is 9.47 Å². The molecule has 3 aromatic rings. The number of thioether (sulfide) groups is 1. The first-order valence-corrected chi connectivity index (χ1v) is 10.5. The van der Waals surface area contributed by atoms with E-state index in [9.17, 15) is 0 Å². The van der Waals surface area contributed by atoms with Crippen LogP contribution in [0.25, 0.3) is 11.2 Å². The van der Waals surface area contributed by atoms with Crippen molar-refractivity contribution in [1.82, 2.24) is 19.9 Å². The van der Waals surface area contributed by atoms with Crippen LogP contribution >= 0.6 is 11.8 Å². The summed E-state index contributed by atoms with van der Waals surface area (Å²) in [7, 11) is 1.68. The number of methoxy groups -OCH3 is 1. The van der Waals surface area contributed by atoms with Gasteiger partial charge in [-0.05, 0) is 24.6 Å². The van der Waals surface area contributed by atoms with Crippen molar-refractivity contribution in [3.63, 3.8) is 0 Å². The molecule has 148 valence electrons. The van der Waals surface area contributed by atoms with Crippen LogP contribution in [-0.2, 0) is 11.2 Å². The minimum atomic E-state index is 0.213. The summed E-state index contributed by atoms with van der Waals surface area (Å²) in [5, 5.41) is 0.956. The van der Waals surface area contributed by atoms with E-state index in [4.69, 9.17) is 19.4 Å². The van der Waals surface area contributed by atoms with Gasteiger partial charge in [0.25, 0.3) is 0 Å². The van der Waals surface area contributed by atoms with Gasteiger partial charge in [-0.25, -0.2) is 15.0 Å². The maximum absolute atomic E-state index is 5.50. The molecule has 8 heteroatoms. The van der Waals surface area contributed by atoms with E-state index in [0.717, 1.165) is 53.2 Å². The molecule has 1 fully saturated rings. The van der Waals surface area contributed by atoms with Gasteiger partial charge >= 0.3 is 0 Å². The number of aryl methyl sites for hydroxylation is 1. The summed E-state index contributed by atoms with van der Waals surface area (Å²) in [6.07, 6.45) is 0.837. The average Bonchev–Trinajstić information content (AvgIpc) is 3.17. The van der Waals surface area contributed by atoms with Crippen molar-refractivity contribution >= 4 is 28.7 Å². The molecular weight excluding hydrogens is 374 g/mol. The molecule has 0 spiro atoms. The maximum atomic E-state index is 5.50. The highest BCUT2D eigenvalue weighted by atomic mass is 32.2. The molecule has 28 heavy (non-hydrogen) atoms. The lowest BCUT2D eigenvalue weighted by Crippen LogP contribution is -2.37. The Morgan fingerprint density at radius 3 is 2.61 bits per heavy atom. The highest BCUT2D eigenvalue weighted by Gasteiger charge is 2.21.